The van der Waals surface area contributed by atoms with E-state index < -0.39 is 35.8 Å². The van der Waals surface area contributed by atoms with Crippen LogP contribution in [0.4, 0.5) is 24.8 Å². The number of ether oxygens (including phenoxy) is 1. The molecule has 1 unspecified atom stereocenters. The third-order valence-corrected chi connectivity index (χ3v) is 3.48. The second-order valence-corrected chi connectivity index (χ2v) is 5.16. The van der Waals surface area contributed by atoms with Crippen LogP contribution in [-0.4, -0.2) is 33.7 Å². The van der Waals surface area contributed by atoms with Gasteiger partial charge in [0.25, 0.3) is 5.82 Å². The number of carbonyl (C=O) groups is 2. The summed E-state index contributed by atoms with van der Waals surface area (Å²) in [5.41, 5.74) is 0.318. The fraction of sp³-hybridized carbons (Fsp3) is 0.286. The summed E-state index contributed by atoms with van der Waals surface area (Å²) in [6.07, 6.45) is -5.16. The Morgan fingerprint density at radius 1 is 1.40 bits per heavy atom. The lowest BCUT2D eigenvalue weighted by molar-refractivity contribution is -0.145. The fourth-order valence-electron chi connectivity index (χ4n) is 2.35. The van der Waals surface area contributed by atoms with Crippen molar-refractivity contribution in [2.75, 3.05) is 17.7 Å². The summed E-state index contributed by atoms with van der Waals surface area (Å²) < 4.78 is 44.2. The molecule has 0 saturated heterocycles. The summed E-state index contributed by atoms with van der Waals surface area (Å²) in [7, 11) is 1.41. The molecule has 0 bridgehead atoms. The van der Waals surface area contributed by atoms with Crippen molar-refractivity contribution in [3.05, 3.63) is 30.1 Å². The van der Waals surface area contributed by atoms with Gasteiger partial charge in [0.1, 0.15) is 11.8 Å². The van der Waals surface area contributed by atoms with Crippen molar-refractivity contribution in [2.24, 2.45) is 0 Å². The lowest BCUT2D eigenvalue weighted by Gasteiger charge is -2.22. The third kappa shape index (κ3) is 3.25. The van der Waals surface area contributed by atoms with E-state index in [4.69, 9.17) is 4.74 Å². The first-order valence-electron chi connectivity index (χ1n) is 7.07. The van der Waals surface area contributed by atoms with Gasteiger partial charge in [-0.3, -0.25) is 14.9 Å². The number of hydrogen-bond acceptors (Lipinski definition) is 5. The van der Waals surface area contributed by atoms with Crippen LogP contribution in [0, 0.1) is 0 Å². The minimum absolute atomic E-state index is 0.318. The summed E-state index contributed by atoms with van der Waals surface area (Å²) in [6, 6.07) is 5.23. The highest BCUT2D eigenvalue weighted by molar-refractivity contribution is 6.01. The molecule has 1 aliphatic heterocycles. The minimum Gasteiger partial charge on any atom is -0.495 e. The average Bonchev–Trinajstić information content (AvgIpc) is 2.98. The highest BCUT2D eigenvalue weighted by atomic mass is 19.4. The number of aromatic nitrogens is 3. The Hall–Kier alpha value is -3.11. The number of anilines is 2. The summed E-state index contributed by atoms with van der Waals surface area (Å²) in [6.45, 7) is 0. The van der Waals surface area contributed by atoms with E-state index in [2.05, 4.69) is 20.7 Å². The number of carbonyl (C=O) groups excluding carboxylic acids is 2. The molecular formula is C14H12F3N5O3. The second kappa shape index (κ2) is 6.07. The second-order valence-electron chi connectivity index (χ2n) is 5.16. The number of amides is 2. The Labute approximate surface area is 139 Å². The van der Waals surface area contributed by atoms with Gasteiger partial charge in [-0.15, -0.1) is 5.10 Å². The molecule has 3 rings (SSSR count). The van der Waals surface area contributed by atoms with E-state index in [0.717, 1.165) is 4.68 Å². The average molecular weight is 355 g/mol. The Morgan fingerprint density at radius 2 is 2.12 bits per heavy atom. The number of para-hydroxylation sites is 2. The standard InChI is InChI=1S/C14H12F3N5O3/c1-25-9-5-3-2-4-7(9)18-11(24)8-6-10(23)19-13-20-12(14(15,16)17)21-22(8)13/h2-5,8H,6H2,1H3,(H,18,24)(H,19,20,21,23). The molecule has 0 aliphatic carbocycles. The lowest BCUT2D eigenvalue weighted by atomic mass is 10.1. The van der Waals surface area contributed by atoms with Crippen molar-refractivity contribution in [1.82, 2.24) is 14.8 Å². The summed E-state index contributed by atoms with van der Waals surface area (Å²) >= 11 is 0. The SMILES string of the molecule is COc1ccccc1NC(=O)C1CC(=O)Nc2nc(C(F)(F)F)nn21. The van der Waals surface area contributed by atoms with Crippen molar-refractivity contribution < 1.29 is 27.5 Å². The molecule has 132 valence electrons. The lowest BCUT2D eigenvalue weighted by Crippen LogP contribution is -2.36. The maximum atomic E-state index is 12.8. The van der Waals surface area contributed by atoms with Crippen LogP contribution in [0.15, 0.2) is 24.3 Å². The van der Waals surface area contributed by atoms with E-state index in [1.165, 1.54) is 7.11 Å². The molecule has 1 aromatic carbocycles. The first-order valence-corrected chi connectivity index (χ1v) is 7.07. The molecule has 11 heteroatoms. The van der Waals surface area contributed by atoms with Crippen LogP contribution in [0.5, 0.6) is 5.75 Å². The van der Waals surface area contributed by atoms with Crippen LogP contribution in [0.1, 0.15) is 18.3 Å². The number of benzene rings is 1. The molecule has 2 amide bonds. The summed E-state index contributed by atoms with van der Waals surface area (Å²) in [5.74, 6) is -2.83. The van der Waals surface area contributed by atoms with E-state index in [0.29, 0.717) is 11.4 Å². The summed E-state index contributed by atoms with van der Waals surface area (Å²) in [4.78, 5) is 27.4. The van der Waals surface area contributed by atoms with Gasteiger partial charge in [-0.1, -0.05) is 12.1 Å². The van der Waals surface area contributed by atoms with Crippen LogP contribution in [0.2, 0.25) is 0 Å². The maximum absolute atomic E-state index is 12.8. The molecular weight excluding hydrogens is 343 g/mol. The maximum Gasteiger partial charge on any atom is 0.453 e. The molecule has 1 aliphatic rings. The molecule has 0 fully saturated rings. The Bertz CT molecular complexity index is 833. The predicted octanol–water partition coefficient (Wildman–Crippen LogP) is 1.83. The van der Waals surface area contributed by atoms with Gasteiger partial charge in [-0.05, 0) is 12.1 Å². The molecule has 1 atom stereocenters. The number of nitrogens with one attached hydrogen (secondary N) is 2. The van der Waals surface area contributed by atoms with E-state index in [1.807, 2.05) is 0 Å². The van der Waals surface area contributed by atoms with Crippen molar-refractivity contribution >= 4 is 23.5 Å². The Kier molecular flexibility index (Phi) is 4.07. The predicted molar refractivity (Wildman–Crippen MR) is 78.9 cm³/mol. The highest BCUT2D eigenvalue weighted by Crippen LogP contribution is 2.32. The van der Waals surface area contributed by atoms with Crippen LogP contribution in [0.3, 0.4) is 0 Å². The smallest absolute Gasteiger partial charge is 0.453 e. The van der Waals surface area contributed by atoms with E-state index in [-0.39, 0.29) is 6.42 Å². The van der Waals surface area contributed by atoms with Crippen molar-refractivity contribution in [3.63, 3.8) is 0 Å². The largest absolute Gasteiger partial charge is 0.495 e. The molecule has 1 aromatic heterocycles. The minimum atomic E-state index is -4.79. The Morgan fingerprint density at radius 3 is 2.80 bits per heavy atom. The quantitative estimate of drug-likeness (QED) is 0.875. The normalized spacial score (nSPS) is 16.8. The van der Waals surface area contributed by atoms with E-state index in [9.17, 15) is 22.8 Å². The van der Waals surface area contributed by atoms with Crippen molar-refractivity contribution in [1.29, 1.82) is 0 Å². The monoisotopic (exact) mass is 355 g/mol. The molecule has 0 radical (unpaired) electrons. The van der Waals surface area contributed by atoms with Gasteiger partial charge in [0, 0.05) is 0 Å². The van der Waals surface area contributed by atoms with Crippen molar-refractivity contribution in [2.45, 2.75) is 18.6 Å². The van der Waals surface area contributed by atoms with Crippen LogP contribution < -0.4 is 15.4 Å². The molecule has 0 spiro atoms. The zero-order valence-electron chi connectivity index (χ0n) is 12.8. The summed E-state index contributed by atoms with van der Waals surface area (Å²) in [5, 5.41) is 8.01. The number of fused-ring (bicyclic) bond motifs is 1. The van der Waals surface area contributed by atoms with Gasteiger partial charge < -0.3 is 10.1 Å². The van der Waals surface area contributed by atoms with Crippen LogP contribution >= 0.6 is 0 Å². The number of halogens is 3. The molecule has 2 aromatic rings. The molecule has 25 heavy (non-hydrogen) atoms. The number of rotatable bonds is 3. The number of methoxy groups -OCH3 is 1. The van der Waals surface area contributed by atoms with Crippen molar-refractivity contribution in [3.8, 4) is 5.75 Å². The molecule has 2 N–H and O–H groups in total. The first-order chi connectivity index (χ1) is 11.8. The zero-order valence-corrected chi connectivity index (χ0v) is 12.8. The third-order valence-electron chi connectivity index (χ3n) is 3.48. The van der Waals surface area contributed by atoms with Gasteiger partial charge in [-0.2, -0.15) is 18.2 Å². The first kappa shape index (κ1) is 16.7. The highest BCUT2D eigenvalue weighted by Gasteiger charge is 2.41. The Balaban J connectivity index is 1.91. The van der Waals surface area contributed by atoms with E-state index >= 15 is 0 Å². The molecule has 2 heterocycles. The fourth-order valence-corrected chi connectivity index (χ4v) is 2.35. The van der Waals surface area contributed by atoms with Gasteiger partial charge in [-0.25, -0.2) is 4.68 Å². The zero-order chi connectivity index (χ0) is 18.2. The van der Waals surface area contributed by atoms with Gasteiger partial charge >= 0.3 is 6.18 Å². The molecule has 8 nitrogen and oxygen atoms in total. The topological polar surface area (TPSA) is 98.1 Å². The number of alkyl halides is 3. The number of hydrogen-bond donors (Lipinski definition) is 2. The van der Waals surface area contributed by atoms with Gasteiger partial charge in [0.15, 0.2) is 0 Å². The van der Waals surface area contributed by atoms with Crippen LogP contribution in [0.25, 0.3) is 0 Å². The molecule has 0 saturated carbocycles. The van der Waals surface area contributed by atoms with Gasteiger partial charge in [0.05, 0.1) is 19.2 Å². The van der Waals surface area contributed by atoms with E-state index in [1.54, 1.807) is 24.3 Å². The van der Waals surface area contributed by atoms with Crippen LogP contribution in [-0.2, 0) is 15.8 Å². The number of nitrogens with zero attached hydrogens (tertiary/aromatic N) is 3. The van der Waals surface area contributed by atoms with Gasteiger partial charge in [0.2, 0.25) is 17.8 Å².